The fourth-order valence-corrected chi connectivity index (χ4v) is 5.46. The van der Waals surface area contributed by atoms with E-state index in [1.54, 1.807) is 0 Å². The van der Waals surface area contributed by atoms with Crippen LogP contribution in [0.3, 0.4) is 0 Å². The smallest absolute Gasteiger partial charge is 0.407 e. The molecule has 0 saturated heterocycles. The first-order chi connectivity index (χ1) is 16.6. The Morgan fingerprint density at radius 2 is 1.54 bits per heavy atom. The zero-order chi connectivity index (χ0) is 25.4. The Kier molecular flexibility index (Phi) is 6.62. The molecule has 0 aromatic heterocycles. The third kappa shape index (κ3) is 4.51. The molecule has 1 atom stereocenters. The predicted octanol–water partition coefficient (Wildman–Crippen LogP) is 4.80. The van der Waals surface area contributed by atoms with Gasteiger partial charge in [0.2, 0.25) is 5.91 Å². The third-order valence-electron chi connectivity index (χ3n) is 7.52. The van der Waals surface area contributed by atoms with Gasteiger partial charge in [-0.05, 0) is 40.5 Å². The summed E-state index contributed by atoms with van der Waals surface area (Å²) in [5, 5.41) is 12.7. The van der Waals surface area contributed by atoms with Gasteiger partial charge in [-0.25, -0.2) is 9.59 Å². The van der Waals surface area contributed by atoms with Crippen LogP contribution in [-0.4, -0.2) is 53.2 Å². The van der Waals surface area contributed by atoms with E-state index in [-0.39, 0.29) is 12.5 Å². The number of alkyl carbamates (subject to hydrolysis) is 1. The van der Waals surface area contributed by atoms with Crippen LogP contribution < -0.4 is 5.32 Å². The number of nitrogens with one attached hydrogen (secondary N) is 1. The molecule has 0 bridgehead atoms. The zero-order valence-electron chi connectivity index (χ0n) is 20.8. The number of aliphatic carboxylic acids is 1. The standard InChI is InChI=1S/C28H34N2O5/c1-27(2,3)23(24(31)30(4)28(25(32)33)15-9-10-16-28)29-26(34)35-17-22-20-13-7-5-11-18(20)19-12-6-8-14-21(19)22/h5-8,11-14,22-23H,9-10,15-17H2,1-4H3,(H,29,34)(H,32,33). The molecular weight excluding hydrogens is 444 g/mol. The number of hydrogen-bond acceptors (Lipinski definition) is 4. The summed E-state index contributed by atoms with van der Waals surface area (Å²) in [7, 11) is 1.53. The predicted molar refractivity (Wildman–Crippen MR) is 133 cm³/mol. The number of hydrogen-bond donors (Lipinski definition) is 2. The summed E-state index contributed by atoms with van der Waals surface area (Å²) in [6, 6.07) is 15.2. The van der Waals surface area contributed by atoms with E-state index in [1.165, 1.54) is 11.9 Å². The fourth-order valence-electron chi connectivity index (χ4n) is 5.46. The highest BCUT2D eigenvalue weighted by Gasteiger charge is 2.49. The lowest BCUT2D eigenvalue weighted by atomic mass is 9.84. The molecule has 186 valence electrons. The Hall–Kier alpha value is -3.35. The Labute approximate surface area is 206 Å². The number of fused-ring (bicyclic) bond motifs is 3. The van der Waals surface area contributed by atoms with E-state index in [4.69, 9.17) is 4.74 Å². The maximum Gasteiger partial charge on any atom is 0.407 e. The van der Waals surface area contributed by atoms with Crippen LogP contribution in [0.4, 0.5) is 4.79 Å². The van der Waals surface area contributed by atoms with Gasteiger partial charge in [0.05, 0.1) is 0 Å². The highest BCUT2D eigenvalue weighted by atomic mass is 16.5. The fraction of sp³-hybridized carbons (Fsp3) is 0.464. The molecule has 0 aliphatic heterocycles. The lowest BCUT2D eigenvalue weighted by Gasteiger charge is -2.40. The quantitative estimate of drug-likeness (QED) is 0.622. The summed E-state index contributed by atoms with van der Waals surface area (Å²) in [6.45, 7) is 5.67. The van der Waals surface area contributed by atoms with Crippen molar-refractivity contribution in [3.8, 4) is 11.1 Å². The molecule has 2 aromatic carbocycles. The number of ether oxygens (including phenoxy) is 1. The maximum atomic E-state index is 13.5. The summed E-state index contributed by atoms with van der Waals surface area (Å²) in [4.78, 5) is 39.9. The van der Waals surface area contributed by atoms with Crippen molar-refractivity contribution >= 4 is 18.0 Å². The number of benzene rings is 2. The molecule has 1 saturated carbocycles. The monoisotopic (exact) mass is 478 g/mol. The van der Waals surface area contributed by atoms with Crippen LogP contribution in [0, 0.1) is 5.41 Å². The van der Waals surface area contributed by atoms with Crippen molar-refractivity contribution in [3.63, 3.8) is 0 Å². The maximum absolute atomic E-state index is 13.5. The second-order valence-corrected chi connectivity index (χ2v) is 10.7. The molecule has 0 radical (unpaired) electrons. The first kappa shape index (κ1) is 24.8. The molecule has 7 nitrogen and oxygen atoms in total. The molecule has 2 amide bonds. The van der Waals surface area contributed by atoms with Crippen molar-refractivity contribution in [2.75, 3.05) is 13.7 Å². The van der Waals surface area contributed by atoms with Gasteiger partial charge < -0.3 is 20.1 Å². The van der Waals surface area contributed by atoms with E-state index < -0.39 is 35.0 Å². The lowest BCUT2D eigenvalue weighted by molar-refractivity contribution is -0.159. The van der Waals surface area contributed by atoms with E-state index in [0.29, 0.717) is 12.8 Å². The normalized spacial score (nSPS) is 17.3. The van der Waals surface area contributed by atoms with Crippen molar-refractivity contribution in [2.24, 2.45) is 5.41 Å². The molecular formula is C28H34N2O5. The number of carbonyl (C=O) groups excluding carboxylic acids is 2. The highest BCUT2D eigenvalue weighted by molar-refractivity contribution is 5.92. The SMILES string of the molecule is CN(C(=O)C(NC(=O)OCC1c2ccccc2-c2ccccc21)C(C)(C)C)C1(C(=O)O)CCCC1. The molecule has 1 fully saturated rings. The summed E-state index contributed by atoms with van der Waals surface area (Å²) < 4.78 is 5.66. The van der Waals surface area contributed by atoms with Crippen molar-refractivity contribution in [3.05, 3.63) is 59.7 Å². The van der Waals surface area contributed by atoms with Gasteiger partial charge in [0, 0.05) is 13.0 Å². The highest BCUT2D eigenvalue weighted by Crippen LogP contribution is 2.44. The number of nitrogens with zero attached hydrogens (tertiary/aromatic N) is 1. The molecule has 35 heavy (non-hydrogen) atoms. The second-order valence-electron chi connectivity index (χ2n) is 10.7. The summed E-state index contributed by atoms with van der Waals surface area (Å²) >= 11 is 0. The van der Waals surface area contributed by atoms with Crippen LogP contribution in [0.2, 0.25) is 0 Å². The van der Waals surface area contributed by atoms with Gasteiger partial charge in [-0.1, -0.05) is 82.1 Å². The Morgan fingerprint density at radius 3 is 2.03 bits per heavy atom. The number of carbonyl (C=O) groups is 3. The van der Waals surface area contributed by atoms with Crippen LogP contribution in [0.15, 0.2) is 48.5 Å². The number of amides is 2. The van der Waals surface area contributed by atoms with Crippen LogP contribution in [0.5, 0.6) is 0 Å². The van der Waals surface area contributed by atoms with Gasteiger partial charge in [0.15, 0.2) is 0 Å². The number of carboxylic acid groups (broad SMARTS) is 1. The number of rotatable bonds is 6. The molecule has 2 aromatic rings. The van der Waals surface area contributed by atoms with Crippen LogP contribution >= 0.6 is 0 Å². The minimum Gasteiger partial charge on any atom is -0.479 e. The molecule has 2 aliphatic carbocycles. The minimum atomic E-state index is -1.23. The van der Waals surface area contributed by atoms with E-state index in [0.717, 1.165) is 35.1 Å². The summed E-state index contributed by atoms with van der Waals surface area (Å²) in [6.07, 6.45) is 1.64. The van der Waals surface area contributed by atoms with Crippen molar-refractivity contribution in [1.82, 2.24) is 10.2 Å². The molecule has 7 heteroatoms. The van der Waals surface area contributed by atoms with Gasteiger partial charge >= 0.3 is 12.1 Å². The summed E-state index contributed by atoms with van der Waals surface area (Å²) in [5.41, 5.74) is 2.61. The van der Waals surface area contributed by atoms with Crippen molar-refractivity contribution < 1.29 is 24.2 Å². The first-order valence-corrected chi connectivity index (χ1v) is 12.2. The van der Waals surface area contributed by atoms with Gasteiger partial charge in [-0.3, -0.25) is 4.79 Å². The minimum absolute atomic E-state index is 0.0895. The molecule has 2 N–H and O–H groups in total. The topological polar surface area (TPSA) is 95.9 Å². The van der Waals surface area contributed by atoms with Gasteiger partial charge in [-0.15, -0.1) is 0 Å². The van der Waals surface area contributed by atoms with Gasteiger partial charge in [0.25, 0.3) is 0 Å². The molecule has 1 unspecified atom stereocenters. The van der Waals surface area contributed by atoms with Crippen LogP contribution in [0.1, 0.15) is 63.5 Å². The van der Waals surface area contributed by atoms with Gasteiger partial charge in [0.1, 0.15) is 18.2 Å². The van der Waals surface area contributed by atoms with Crippen molar-refractivity contribution in [2.45, 2.75) is 64.0 Å². The van der Waals surface area contributed by atoms with Crippen LogP contribution in [0.25, 0.3) is 11.1 Å². The Balaban J connectivity index is 1.49. The van der Waals surface area contributed by atoms with E-state index in [9.17, 15) is 19.5 Å². The van der Waals surface area contributed by atoms with E-state index in [1.807, 2.05) is 57.2 Å². The van der Waals surface area contributed by atoms with E-state index in [2.05, 4.69) is 17.4 Å². The third-order valence-corrected chi connectivity index (χ3v) is 7.52. The summed E-state index contributed by atoms with van der Waals surface area (Å²) in [5.74, 6) is -1.51. The zero-order valence-corrected chi connectivity index (χ0v) is 20.8. The molecule has 0 spiro atoms. The largest absolute Gasteiger partial charge is 0.479 e. The van der Waals surface area contributed by atoms with Crippen LogP contribution in [-0.2, 0) is 14.3 Å². The second kappa shape index (κ2) is 9.36. The average Bonchev–Trinajstić information content (AvgIpc) is 3.44. The number of carboxylic acids is 1. The Bertz CT molecular complexity index is 1080. The molecule has 2 aliphatic rings. The van der Waals surface area contributed by atoms with Gasteiger partial charge in [-0.2, -0.15) is 0 Å². The number of likely N-dealkylation sites (N-methyl/N-ethyl adjacent to an activating group) is 1. The van der Waals surface area contributed by atoms with E-state index >= 15 is 0 Å². The average molecular weight is 479 g/mol. The first-order valence-electron chi connectivity index (χ1n) is 12.2. The lowest BCUT2D eigenvalue weighted by Crippen LogP contribution is -2.61. The molecule has 0 heterocycles. The van der Waals surface area contributed by atoms with Crippen molar-refractivity contribution in [1.29, 1.82) is 0 Å². The Morgan fingerprint density at radius 1 is 1.03 bits per heavy atom. The molecule has 4 rings (SSSR count).